The van der Waals surface area contributed by atoms with E-state index in [4.69, 9.17) is 20.8 Å². The van der Waals surface area contributed by atoms with Crippen molar-refractivity contribution in [2.75, 3.05) is 13.2 Å². The van der Waals surface area contributed by atoms with E-state index in [1.54, 1.807) is 6.20 Å². The molecule has 1 N–H and O–H groups in total. The maximum Gasteiger partial charge on any atom is 0.261 e. The van der Waals surface area contributed by atoms with Gasteiger partial charge in [-0.25, -0.2) is 4.98 Å². The van der Waals surface area contributed by atoms with Gasteiger partial charge in [-0.1, -0.05) is 93.0 Å². The van der Waals surface area contributed by atoms with Crippen molar-refractivity contribution < 1.29 is 14.0 Å². The molecule has 6 rings (SSSR count). The first-order valence-corrected chi connectivity index (χ1v) is 15.6. The van der Waals surface area contributed by atoms with Gasteiger partial charge in [0.05, 0.1) is 36.5 Å². The van der Waals surface area contributed by atoms with Gasteiger partial charge < -0.3 is 14.5 Å². The average molecular weight is 550 g/mol. The Labute approximate surface area is 231 Å². The van der Waals surface area contributed by atoms with Crippen LogP contribution in [0, 0.1) is 5.41 Å². The predicted molar refractivity (Wildman–Crippen MR) is 152 cm³/mol. The molecule has 3 fully saturated rings. The minimum absolute atomic E-state index is 0.000391. The molecular formula is C30H36ClN3O3Si. The van der Waals surface area contributed by atoms with Crippen LogP contribution in [0.25, 0.3) is 0 Å². The predicted octanol–water partition coefficient (Wildman–Crippen LogP) is 4.65. The van der Waals surface area contributed by atoms with Gasteiger partial charge in [0.15, 0.2) is 5.15 Å². The molecule has 8 heteroatoms. The Morgan fingerprint density at radius 2 is 1.55 bits per heavy atom. The normalized spacial score (nSPS) is 23.3. The number of carbonyl (C=O) groups excluding carboxylic acids is 1. The van der Waals surface area contributed by atoms with Crippen molar-refractivity contribution in [1.29, 1.82) is 0 Å². The minimum Gasteiger partial charge on any atom is -0.404 e. The number of nitrogens with one attached hydrogen (secondary N) is 1. The van der Waals surface area contributed by atoms with Crippen LogP contribution in [0.15, 0.2) is 73.1 Å². The number of aromatic nitrogens is 2. The number of carbonyl (C=O) groups is 1. The molecule has 3 aromatic rings. The molecule has 1 aliphatic carbocycles. The number of hydrogen-bond acceptors (Lipinski definition) is 5. The van der Waals surface area contributed by atoms with E-state index in [1.165, 1.54) is 16.6 Å². The Kier molecular flexibility index (Phi) is 7.48. The maximum absolute atomic E-state index is 13.3. The number of hydrogen-bond donors (Lipinski definition) is 1. The second-order valence-electron chi connectivity index (χ2n) is 11.7. The van der Waals surface area contributed by atoms with Crippen molar-refractivity contribution in [2.45, 2.75) is 63.6 Å². The minimum atomic E-state index is -2.66. The van der Waals surface area contributed by atoms with Crippen LogP contribution in [0.5, 0.6) is 0 Å². The van der Waals surface area contributed by atoms with Gasteiger partial charge >= 0.3 is 0 Å². The highest BCUT2D eigenvalue weighted by molar-refractivity contribution is 6.99. The first-order valence-electron chi connectivity index (χ1n) is 13.3. The molecule has 0 radical (unpaired) electrons. The van der Waals surface area contributed by atoms with Crippen LogP contribution in [0.2, 0.25) is 10.2 Å². The van der Waals surface area contributed by atoms with Gasteiger partial charge in [-0.05, 0) is 41.1 Å². The zero-order chi connectivity index (χ0) is 26.9. The molecule has 38 heavy (non-hydrogen) atoms. The zero-order valence-corrected chi connectivity index (χ0v) is 24.1. The van der Waals surface area contributed by atoms with Crippen molar-refractivity contribution in [3.05, 3.63) is 83.9 Å². The molecule has 2 bridgehead atoms. The molecule has 1 amide bonds. The van der Waals surface area contributed by atoms with Crippen LogP contribution in [0.1, 0.15) is 52.1 Å². The van der Waals surface area contributed by atoms with E-state index in [-0.39, 0.29) is 23.1 Å². The van der Waals surface area contributed by atoms with Crippen LogP contribution in [-0.4, -0.2) is 43.0 Å². The van der Waals surface area contributed by atoms with Crippen molar-refractivity contribution >= 4 is 36.2 Å². The van der Waals surface area contributed by atoms with E-state index in [0.29, 0.717) is 24.1 Å². The smallest absolute Gasteiger partial charge is 0.261 e. The third-order valence-electron chi connectivity index (χ3n) is 8.36. The third kappa shape index (κ3) is 4.93. The molecule has 2 aliphatic heterocycles. The number of fused-ring (bicyclic) bond motifs is 3. The maximum atomic E-state index is 13.3. The second kappa shape index (κ2) is 10.5. The highest BCUT2D eigenvalue weighted by Crippen LogP contribution is 2.50. The monoisotopic (exact) mass is 549 g/mol. The summed E-state index contributed by atoms with van der Waals surface area (Å²) in [6.45, 7) is 8.05. The highest BCUT2D eigenvalue weighted by atomic mass is 35.5. The van der Waals surface area contributed by atoms with E-state index < -0.39 is 13.7 Å². The Morgan fingerprint density at radius 1 is 0.974 bits per heavy atom. The van der Waals surface area contributed by atoms with Crippen LogP contribution in [0.4, 0.5) is 0 Å². The molecule has 1 saturated carbocycles. The van der Waals surface area contributed by atoms with Crippen LogP contribution in [-0.2, 0) is 20.5 Å². The SMILES string of the molecule is CC(C)(C)[Si](OCC12CCC(C(=O)NCc3nccnc3Cl)(CC1)CO2)(c1ccccc1)c1ccccc1. The molecule has 3 heterocycles. The number of rotatable bonds is 8. The molecular weight excluding hydrogens is 514 g/mol. The zero-order valence-electron chi connectivity index (χ0n) is 22.4. The fourth-order valence-electron chi connectivity index (χ4n) is 6.06. The number of nitrogens with zero attached hydrogens (tertiary/aromatic N) is 2. The Hall–Kier alpha value is -2.58. The Morgan fingerprint density at radius 3 is 2.05 bits per heavy atom. The van der Waals surface area contributed by atoms with Gasteiger partial charge in [-0.15, -0.1) is 0 Å². The third-order valence-corrected chi connectivity index (χ3v) is 13.7. The van der Waals surface area contributed by atoms with Gasteiger partial charge in [-0.2, -0.15) is 0 Å². The van der Waals surface area contributed by atoms with Crippen LogP contribution in [0.3, 0.4) is 0 Å². The number of halogens is 1. The van der Waals surface area contributed by atoms with Crippen LogP contribution < -0.4 is 15.7 Å². The van der Waals surface area contributed by atoms with E-state index in [2.05, 4.69) is 96.7 Å². The topological polar surface area (TPSA) is 73.3 Å². The number of benzene rings is 2. The average Bonchev–Trinajstić information content (AvgIpc) is 2.94. The second-order valence-corrected chi connectivity index (χ2v) is 16.3. The summed E-state index contributed by atoms with van der Waals surface area (Å²) < 4.78 is 13.7. The van der Waals surface area contributed by atoms with Gasteiger partial charge in [0.25, 0.3) is 8.32 Å². The highest BCUT2D eigenvalue weighted by Gasteiger charge is 2.56. The Bertz CT molecular complexity index is 1200. The number of amides is 1. The summed E-state index contributed by atoms with van der Waals surface area (Å²) in [5.41, 5.74) is -0.323. The fraction of sp³-hybridized carbons (Fsp3) is 0.433. The summed E-state index contributed by atoms with van der Waals surface area (Å²) >= 11 is 6.12. The fourth-order valence-corrected chi connectivity index (χ4v) is 10.9. The standard InChI is InChI=1S/C30H36ClN3O3Si/c1-28(2,3)38(23-10-6-4-7-11-23,24-12-8-5-9-13-24)37-22-30-16-14-29(15-17-30,21-36-30)27(35)34-20-25-26(31)33-19-18-32-25/h4-13,18-19H,14-17,20-22H2,1-3H3,(H,34,35). The van der Waals surface area contributed by atoms with E-state index in [0.717, 1.165) is 25.7 Å². The lowest BCUT2D eigenvalue weighted by Crippen LogP contribution is -2.68. The van der Waals surface area contributed by atoms with Gasteiger partial charge in [0, 0.05) is 12.4 Å². The molecule has 0 atom stereocenters. The lowest BCUT2D eigenvalue weighted by atomic mass is 9.65. The molecule has 2 aromatic carbocycles. The van der Waals surface area contributed by atoms with E-state index >= 15 is 0 Å². The lowest BCUT2D eigenvalue weighted by Gasteiger charge is -2.53. The van der Waals surface area contributed by atoms with Crippen molar-refractivity contribution in [1.82, 2.24) is 15.3 Å². The molecule has 200 valence electrons. The Balaban J connectivity index is 1.33. The van der Waals surface area contributed by atoms with Crippen LogP contribution >= 0.6 is 11.6 Å². The molecule has 1 aromatic heterocycles. The number of ether oxygens (including phenoxy) is 1. The summed E-state index contributed by atoms with van der Waals surface area (Å²) in [5, 5.41) is 5.77. The van der Waals surface area contributed by atoms with Crippen molar-refractivity contribution in [3.8, 4) is 0 Å². The van der Waals surface area contributed by atoms with Gasteiger partial charge in [0.1, 0.15) is 0 Å². The summed E-state index contributed by atoms with van der Waals surface area (Å²) in [5.74, 6) is 0.000391. The molecule has 6 nitrogen and oxygen atoms in total. The van der Waals surface area contributed by atoms with Crippen molar-refractivity contribution in [2.24, 2.45) is 5.41 Å². The first-order chi connectivity index (χ1) is 18.2. The molecule has 0 spiro atoms. The summed E-state index contributed by atoms with van der Waals surface area (Å²) in [6, 6.07) is 21.4. The summed E-state index contributed by atoms with van der Waals surface area (Å²) in [6.07, 6.45) is 6.26. The van der Waals surface area contributed by atoms with E-state index in [1.807, 2.05) is 0 Å². The lowest BCUT2D eigenvalue weighted by molar-refractivity contribution is -0.200. The molecule has 0 unspecified atom stereocenters. The summed E-state index contributed by atoms with van der Waals surface area (Å²) in [4.78, 5) is 21.5. The summed E-state index contributed by atoms with van der Waals surface area (Å²) in [7, 11) is -2.66. The molecule has 2 saturated heterocycles. The largest absolute Gasteiger partial charge is 0.404 e. The first kappa shape index (κ1) is 27.0. The van der Waals surface area contributed by atoms with E-state index in [9.17, 15) is 4.79 Å². The van der Waals surface area contributed by atoms with Crippen molar-refractivity contribution in [3.63, 3.8) is 0 Å². The quantitative estimate of drug-likeness (QED) is 0.414. The van der Waals surface area contributed by atoms with Gasteiger partial charge in [-0.3, -0.25) is 9.78 Å². The molecule has 3 aliphatic rings. The van der Waals surface area contributed by atoms with Gasteiger partial charge in [0.2, 0.25) is 5.91 Å².